The molecule has 0 unspecified atom stereocenters. The topological polar surface area (TPSA) is 76.4 Å². The minimum absolute atomic E-state index is 0.0748. The predicted molar refractivity (Wildman–Crippen MR) is 102 cm³/mol. The third-order valence-corrected chi connectivity index (χ3v) is 6.66. The van der Waals surface area contributed by atoms with E-state index < -0.39 is 0 Å². The quantitative estimate of drug-likeness (QED) is 0.824. The number of anilines is 1. The van der Waals surface area contributed by atoms with E-state index in [1.165, 1.54) is 11.3 Å². The molecular weight excluding hydrogens is 348 g/mol. The van der Waals surface area contributed by atoms with Gasteiger partial charge in [0.15, 0.2) is 0 Å². The van der Waals surface area contributed by atoms with Gasteiger partial charge in [0.2, 0.25) is 11.8 Å². The molecule has 1 fully saturated rings. The molecule has 26 heavy (non-hydrogen) atoms. The van der Waals surface area contributed by atoms with Crippen molar-refractivity contribution in [3.8, 4) is 6.07 Å². The van der Waals surface area contributed by atoms with Gasteiger partial charge in [-0.25, -0.2) is 0 Å². The van der Waals surface area contributed by atoms with E-state index in [2.05, 4.69) is 16.3 Å². The smallest absolute Gasteiger partial charge is 0.242 e. The number of nitriles is 1. The van der Waals surface area contributed by atoms with Crippen LogP contribution >= 0.6 is 11.3 Å². The molecule has 1 aliphatic carbocycles. The SMILES string of the molecule is CC(=O)N1CCN([C@@H](C)C(=O)Nc2sc3c(c2C#N)CCCCC3)CC1. The molecule has 2 aliphatic rings. The molecule has 0 radical (unpaired) electrons. The number of nitrogens with one attached hydrogen (secondary N) is 1. The number of thiophene rings is 1. The highest BCUT2D eigenvalue weighted by atomic mass is 32.1. The number of hydrogen-bond donors (Lipinski definition) is 1. The summed E-state index contributed by atoms with van der Waals surface area (Å²) in [5, 5.41) is 13.3. The van der Waals surface area contributed by atoms with Crippen LogP contribution in [0.25, 0.3) is 0 Å². The van der Waals surface area contributed by atoms with Crippen molar-refractivity contribution < 1.29 is 9.59 Å². The fraction of sp³-hybridized carbons (Fsp3) is 0.632. The molecule has 2 heterocycles. The Bertz CT molecular complexity index is 729. The number of amides is 2. The van der Waals surface area contributed by atoms with Gasteiger partial charge >= 0.3 is 0 Å². The molecule has 2 amide bonds. The average Bonchev–Trinajstić information content (AvgIpc) is 2.80. The molecule has 3 rings (SSSR count). The first kappa shape index (κ1) is 18.9. The van der Waals surface area contributed by atoms with E-state index in [1.807, 2.05) is 11.8 Å². The second-order valence-corrected chi connectivity index (χ2v) is 8.19. The van der Waals surface area contributed by atoms with E-state index in [9.17, 15) is 14.9 Å². The van der Waals surface area contributed by atoms with Gasteiger partial charge in [-0.2, -0.15) is 5.26 Å². The third-order valence-electron chi connectivity index (χ3n) is 5.46. The normalized spacial score (nSPS) is 19.2. The summed E-state index contributed by atoms with van der Waals surface area (Å²) in [4.78, 5) is 29.3. The van der Waals surface area contributed by atoms with Crippen molar-refractivity contribution in [3.05, 3.63) is 16.0 Å². The van der Waals surface area contributed by atoms with Crippen LogP contribution < -0.4 is 5.32 Å². The Morgan fingerprint density at radius 3 is 2.50 bits per heavy atom. The molecule has 0 spiro atoms. The van der Waals surface area contributed by atoms with E-state index in [4.69, 9.17) is 0 Å². The van der Waals surface area contributed by atoms with Crippen molar-refractivity contribution in [3.63, 3.8) is 0 Å². The number of rotatable bonds is 3. The van der Waals surface area contributed by atoms with Crippen LogP contribution in [0.3, 0.4) is 0 Å². The molecular formula is C19H26N4O2S. The fourth-order valence-corrected chi connectivity index (χ4v) is 5.00. The molecule has 1 atom stereocenters. The number of piperazine rings is 1. The molecule has 0 aromatic carbocycles. The molecule has 7 heteroatoms. The number of aryl methyl sites for hydroxylation is 1. The maximum atomic E-state index is 12.7. The van der Waals surface area contributed by atoms with Crippen LogP contribution in [-0.4, -0.2) is 53.8 Å². The Balaban J connectivity index is 1.67. The van der Waals surface area contributed by atoms with E-state index >= 15 is 0 Å². The number of carbonyl (C=O) groups is 2. The Morgan fingerprint density at radius 2 is 1.85 bits per heavy atom. The minimum atomic E-state index is -0.280. The first-order chi connectivity index (χ1) is 12.5. The zero-order valence-electron chi connectivity index (χ0n) is 15.5. The lowest BCUT2D eigenvalue weighted by Gasteiger charge is -2.36. The van der Waals surface area contributed by atoms with Crippen LogP contribution in [0.2, 0.25) is 0 Å². The summed E-state index contributed by atoms with van der Waals surface area (Å²) in [6, 6.07) is 2.03. The predicted octanol–water partition coefficient (Wildman–Crippen LogP) is 2.38. The Kier molecular flexibility index (Phi) is 5.94. The molecule has 6 nitrogen and oxygen atoms in total. The van der Waals surface area contributed by atoms with Crippen LogP contribution in [0.1, 0.15) is 49.1 Å². The monoisotopic (exact) mass is 374 g/mol. The maximum Gasteiger partial charge on any atom is 0.242 e. The molecule has 0 bridgehead atoms. The van der Waals surface area contributed by atoms with Crippen molar-refractivity contribution >= 4 is 28.2 Å². The highest BCUT2D eigenvalue weighted by Gasteiger charge is 2.28. The summed E-state index contributed by atoms with van der Waals surface area (Å²) in [7, 11) is 0. The number of nitrogens with zero attached hydrogens (tertiary/aromatic N) is 3. The molecule has 1 saturated heterocycles. The highest BCUT2D eigenvalue weighted by Crippen LogP contribution is 2.37. The molecule has 1 aromatic rings. The van der Waals surface area contributed by atoms with E-state index in [0.717, 1.165) is 31.2 Å². The first-order valence-electron chi connectivity index (χ1n) is 9.36. The Morgan fingerprint density at radius 1 is 1.15 bits per heavy atom. The summed E-state index contributed by atoms with van der Waals surface area (Å²) in [5.74, 6) is 0.00897. The summed E-state index contributed by atoms with van der Waals surface area (Å²) in [6.45, 7) is 6.17. The lowest BCUT2D eigenvalue weighted by atomic mass is 10.1. The third kappa shape index (κ3) is 3.92. The minimum Gasteiger partial charge on any atom is -0.340 e. The largest absolute Gasteiger partial charge is 0.340 e. The zero-order chi connectivity index (χ0) is 18.7. The van der Waals surface area contributed by atoms with E-state index in [-0.39, 0.29) is 17.9 Å². The summed E-state index contributed by atoms with van der Waals surface area (Å²) < 4.78 is 0. The molecule has 1 N–H and O–H groups in total. The summed E-state index contributed by atoms with van der Waals surface area (Å²) in [5.41, 5.74) is 1.81. The number of fused-ring (bicyclic) bond motifs is 1. The Labute approximate surface area is 158 Å². The number of hydrogen-bond acceptors (Lipinski definition) is 5. The van der Waals surface area contributed by atoms with Gasteiger partial charge in [-0.15, -0.1) is 11.3 Å². The lowest BCUT2D eigenvalue weighted by Crippen LogP contribution is -2.53. The molecule has 1 aliphatic heterocycles. The highest BCUT2D eigenvalue weighted by molar-refractivity contribution is 7.16. The zero-order valence-corrected chi connectivity index (χ0v) is 16.3. The van der Waals surface area contributed by atoms with Crippen LogP contribution in [-0.2, 0) is 22.4 Å². The van der Waals surface area contributed by atoms with Gasteiger partial charge in [-0.1, -0.05) is 6.42 Å². The van der Waals surface area contributed by atoms with Gasteiger partial charge < -0.3 is 10.2 Å². The van der Waals surface area contributed by atoms with Gasteiger partial charge in [0.05, 0.1) is 11.6 Å². The van der Waals surface area contributed by atoms with E-state index in [1.54, 1.807) is 18.3 Å². The van der Waals surface area contributed by atoms with Crippen molar-refractivity contribution in [1.82, 2.24) is 9.80 Å². The van der Waals surface area contributed by atoms with Crippen LogP contribution in [0.5, 0.6) is 0 Å². The summed E-state index contributed by atoms with van der Waals surface area (Å²) >= 11 is 1.57. The van der Waals surface area contributed by atoms with Gasteiger partial charge in [-0.05, 0) is 38.2 Å². The van der Waals surface area contributed by atoms with Crippen molar-refractivity contribution in [2.75, 3.05) is 31.5 Å². The molecule has 1 aromatic heterocycles. The van der Waals surface area contributed by atoms with E-state index in [0.29, 0.717) is 36.7 Å². The second-order valence-electron chi connectivity index (χ2n) is 7.09. The van der Waals surface area contributed by atoms with Gasteiger partial charge in [0, 0.05) is 38.0 Å². The molecule has 140 valence electrons. The maximum absolute atomic E-state index is 12.7. The standard InChI is InChI=1S/C19H26N4O2S/c1-13(22-8-10-23(11-9-22)14(2)24)18(25)21-19-16(12-20)15-6-4-3-5-7-17(15)26-19/h13H,3-11H2,1-2H3,(H,21,25)/t13-/m0/s1. The number of carbonyl (C=O) groups excluding carboxylic acids is 2. The van der Waals surface area contributed by atoms with Crippen LogP contribution in [0, 0.1) is 11.3 Å². The molecule has 0 saturated carbocycles. The van der Waals surface area contributed by atoms with Gasteiger partial charge in [0.25, 0.3) is 0 Å². The van der Waals surface area contributed by atoms with Crippen LogP contribution in [0.15, 0.2) is 0 Å². The second kappa shape index (κ2) is 8.19. The van der Waals surface area contributed by atoms with Gasteiger partial charge in [-0.3, -0.25) is 14.5 Å². The van der Waals surface area contributed by atoms with Crippen molar-refractivity contribution in [2.24, 2.45) is 0 Å². The van der Waals surface area contributed by atoms with Crippen molar-refractivity contribution in [2.45, 2.75) is 52.0 Å². The van der Waals surface area contributed by atoms with Crippen molar-refractivity contribution in [1.29, 1.82) is 5.26 Å². The first-order valence-corrected chi connectivity index (χ1v) is 10.2. The Hall–Kier alpha value is -1.91. The van der Waals surface area contributed by atoms with Crippen LogP contribution in [0.4, 0.5) is 5.00 Å². The fourth-order valence-electron chi connectivity index (χ4n) is 3.76. The summed E-state index contributed by atoms with van der Waals surface area (Å²) in [6.07, 6.45) is 5.42. The lowest BCUT2D eigenvalue weighted by molar-refractivity contribution is -0.131. The van der Waals surface area contributed by atoms with Gasteiger partial charge in [0.1, 0.15) is 11.1 Å². The average molecular weight is 375 g/mol.